The maximum atomic E-state index is 12.4. The van der Waals surface area contributed by atoms with E-state index in [4.69, 9.17) is 14.2 Å². The van der Waals surface area contributed by atoms with Crippen molar-refractivity contribution in [3.8, 4) is 0 Å². The van der Waals surface area contributed by atoms with Gasteiger partial charge in [0, 0.05) is 6.04 Å². The number of carbonyl (C=O) groups is 3. The Kier molecular flexibility index (Phi) is 8.18. The molecule has 27 heavy (non-hydrogen) atoms. The van der Waals surface area contributed by atoms with Gasteiger partial charge in [-0.15, -0.1) is 0 Å². The fraction of sp³-hybridized carbons (Fsp3) is 0.833. The Morgan fingerprint density at radius 3 is 2.07 bits per heavy atom. The van der Waals surface area contributed by atoms with Crippen LogP contribution >= 0.6 is 0 Å². The van der Waals surface area contributed by atoms with Crippen LogP contribution in [-0.4, -0.2) is 53.2 Å². The number of nitrogens with zero attached hydrogens (tertiary/aromatic N) is 1. The van der Waals surface area contributed by atoms with Crippen molar-refractivity contribution in [1.29, 1.82) is 0 Å². The summed E-state index contributed by atoms with van der Waals surface area (Å²) in [5, 5.41) is 3.96. The van der Waals surface area contributed by atoms with Crippen LogP contribution in [0.15, 0.2) is 0 Å². The van der Waals surface area contributed by atoms with Crippen molar-refractivity contribution in [3.05, 3.63) is 0 Å². The van der Waals surface area contributed by atoms with Gasteiger partial charge < -0.3 is 19.5 Å². The molecule has 0 spiro atoms. The second-order valence-corrected chi connectivity index (χ2v) is 8.18. The fourth-order valence-electron chi connectivity index (χ4n) is 2.68. The van der Waals surface area contributed by atoms with E-state index < -0.39 is 23.9 Å². The van der Waals surface area contributed by atoms with Crippen molar-refractivity contribution in [3.63, 3.8) is 0 Å². The lowest BCUT2D eigenvalue weighted by Gasteiger charge is -2.29. The van der Waals surface area contributed by atoms with Crippen LogP contribution in [-0.2, 0) is 14.2 Å². The Balaban J connectivity index is 2.71. The summed E-state index contributed by atoms with van der Waals surface area (Å²) >= 11 is 0. The number of amides is 3. The van der Waals surface area contributed by atoms with Crippen LogP contribution in [0.25, 0.3) is 0 Å². The minimum Gasteiger partial charge on any atom is -0.446 e. The zero-order valence-electron chi connectivity index (χ0n) is 17.3. The number of alkyl carbamates (subject to hydrolysis) is 1. The lowest BCUT2D eigenvalue weighted by Crippen LogP contribution is -2.52. The summed E-state index contributed by atoms with van der Waals surface area (Å²) in [6.07, 6.45) is -0.835. The predicted octanol–water partition coefficient (Wildman–Crippen LogP) is 3.33. The van der Waals surface area contributed by atoms with Crippen molar-refractivity contribution in [2.24, 2.45) is 0 Å². The molecule has 2 atom stereocenters. The maximum Gasteiger partial charge on any atom is 0.429 e. The Labute approximate surface area is 161 Å². The van der Waals surface area contributed by atoms with E-state index in [2.05, 4.69) is 10.7 Å². The van der Waals surface area contributed by atoms with Gasteiger partial charge in [0.25, 0.3) is 0 Å². The van der Waals surface area contributed by atoms with Gasteiger partial charge in [-0.2, -0.15) is 0 Å². The highest BCUT2D eigenvalue weighted by Gasteiger charge is 2.36. The molecule has 0 radical (unpaired) electrons. The zero-order chi connectivity index (χ0) is 20.8. The largest absolute Gasteiger partial charge is 0.446 e. The Morgan fingerprint density at radius 1 is 0.963 bits per heavy atom. The summed E-state index contributed by atoms with van der Waals surface area (Å²) in [5.41, 5.74) is 1.88. The molecule has 1 rings (SSSR count). The first kappa shape index (κ1) is 22.9. The molecule has 0 aliphatic heterocycles. The van der Waals surface area contributed by atoms with Crippen molar-refractivity contribution in [2.75, 3.05) is 0 Å². The highest BCUT2D eigenvalue weighted by Crippen LogP contribution is 2.24. The molecule has 9 nitrogen and oxygen atoms in total. The summed E-state index contributed by atoms with van der Waals surface area (Å²) in [4.78, 5) is 36.3. The quantitative estimate of drug-likeness (QED) is 0.566. The van der Waals surface area contributed by atoms with Crippen molar-refractivity contribution >= 4 is 18.3 Å². The monoisotopic (exact) mass is 387 g/mol. The molecule has 0 saturated heterocycles. The molecule has 2 N–H and O–H groups in total. The van der Waals surface area contributed by atoms with E-state index in [1.807, 2.05) is 0 Å². The topological polar surface area (TPSA) is 106 Å². The summed E-state index contributed by atoms with van der Waals surface area (Å²) in [7, 11) is 0. The summed E-state index contributed by atoms with van der Waals surface area (Å²) in [6, 6.07) is -0.488. The first-order chi connectivity index (χ1) is 12.4. The molecule has 0 aromatic carbocycles. The van der Waals surface area contributed by atoms with Gasteiger partial charge in [-0.05, 0) is 67.7 Å². The number of ether oxygens (including phenoxy) is 3. The van der Waals surface area contributed by atoms with E-state index in [1.165, 1.54) is 0 Å². The first-order valence-corrected chi connectivity index (χ1v) is 9.34. The number of nitrogens with one attached hydrogen (secondary N) is 2. The molecular weight excluding hydrogens is 354 g/mol. The molecule has 1 fully saturated rings. The molecule has 3 amide bonds. The van der Waals surface area contributed by atoms with Crippen LogP contribution in [0.2, 0.25) is 0 Å². The molecule has 9 heteroatoms. The lowest BCUT2D eigenvalue weighted by molar-refractivity contribution is 0.0314. The highest BCUT2D eigenvalue weighted by atomic mass is 16.6. The van der Waals surface area contributed by atoms with Gasteiger partial charge in [-0.25, -0.2) is 24.8 Å². The average molecular weight is 387 g/mol. The lowest BCUT2D eigenvalue weighted by atomic mass is 10.2. The first-order valence-electron chi connectivity index (χ1n) is 9.34. The van der Waals surface area contributed by atoms with Gasteiger partial charge in [0.05, 0.1) is 18.2 Å². The standard InChI is InChI=1S/C18H33N3O6/c1-11(2)25-16(23)20-21(17(24)26-12(3)4)14-9-8-13(10-14)19-15(22)27-18(5,6)7/h11-14H,8-10H2,1-7H3,(H,19,22)(H,20,23)/t13-,14-/m0/s1. The average Bonchev–Trinajstić information content (AvgIpc) is 2.88. The van der Waals surface area contributed by atoms with Crippen LogP contribution in [0, 0.1) is 0 Å². The third-order valence-corrected chi connectivity index (χ3v) is 3.58. The number of hydrogen-bond acceptors (Lipinski definition) is 6. The van der Waals surface area contributed by atoms with Crippen molar-refractivity contribution in [2.45, 2.75) is 97.6 Å². The third kappa shape index (κ3) is 8.83. The summed E-state index contributed by atoms with van der Waals surface area (Å²) in [5.74, 6) is 0. The number of carbonyl (C=O) groups excluding carboxylic acids is 3. The van der Waals surface area contributed by atoms with E-state index in [-0.39, 0.29) is 24.3 Å². The van der Waals surface area contributed by atoms with E-state index in [0.29, 0.717) is 19.3 Å². The van der Waals surface area contributed by atoms with Crippen LogP contribution in [0.3, 0.4) is 0 Å². The van der Waals surface area contributed by atoms with Crippen LogP contribution in [0.1, 0.15) is 67.7 Å². The number of hydrogen-bond donors (Lipinski definition) is 2. The van der Waals surface area contributed by atoms with Crippen molar-refractivity contribution < 1.29 is 28.6 Å². The molecule has 0 bridgehead atoms. The van der Waals surface area contributed by atoms with E-state index in [1.54, 1.807) is 48.5 Å². The predicted molar refractivity (Wildman–Crippen MR) is 99.0 cm³/mol. The van der Waals surface area contributed by atoms with Crippen LogP contribution in [0.5, 0.6) is 0 Å². The molecule has 0 aromatic rings. The van der Waals surface area contributed by atoms with E-state index in [0.717, 1.165) is 5.01 Å². The number of rotatable bonds is 4. The molecule has 0 heterocycles. The molecule has 156 valence electrons. The van der Waals surface area contributed by atoms with Crippen molar-refractivity contribution in [1.82, 2.24) is 15.8 Å². The van der Waals surface area contributed by atoms with Crippen LogP contribution < -0.4 is 10.7 Å². The van der Waals surface area contributed by atoms with Gasteiger partial charge in [0.15, 0.2) is 0 Å². The van der Waals surface area contributed by atoms with E-state index >= 15 is 0 Å². The minimum absolute atomic E-state index is 0.165. The van der Waals surface area contributed by atoms with Crippen LogP contribution in [0.4, 0.5) is 14.4 Å². The fourth-order valence-corrected chi connectivity index (χ4v) is 2.68. The zero-order valence-corrected chi connectivity index (χ0v) is 17.3. The normalized spacial score (nSPS) is 19.6. The van der Waals surface area contributed by atoms with Gasteiger partial charge in [-0.1, -0.05) is 0 Å². The smallest absolute Gasteiger partial charge is 0.429 e. The summed E-state index contributed by atoms with van der Waals surface area (Å²) < 4.78 is 15.5. The minimum atomic E-state index is -0.728. The molecular formula is C18H33N3O6. The molecule has 1 saturated carbocycles. The second-order valence-electron chi connectivity index (χ2n) is 8.18. The van der Waals surface area contributed by atoms with Gasteiger partial charge >= 0.3 is 18.3 Å². The Bertz CT molecular complexity index is 530. The van der Waals surface area contributed by atoms with Gasteiger partial charge in [-0.3, -0.25) is 0 Å². The molecule has 0 unspecified atom stereocenters. The Morgan fingerprint density at radius 2 is 1.56 bits per heavy atom. The summed E-state index contributed by atoms with van der Waals surface area (Å²) in [6.45, 7) is 12.3. The molecule has 1 aliphatic rings. The second kappa shape index (κ2) is 9.66. The van der Waals surface area contributed by atoms with E-state index in [9.17, 15) is 14.4 Å². The Hall–Kier alpha value is -2.19. The van der Waals surface area contributed by atoms with Gasteiger partial charge in [0.2, 0.25) is 0 Å². The third-order valence-electron chi connectivity index (χ3n) is 3.58. The highest BCUT2D eigenvalue weighted by molar-refractivity contribution is 5.74. The SMILES string of the molecule is CC(C)OC(=O)NN(C(=O)OC(C)C)[C@H]1CC[C@H](NC(=O)OC(C)(C)C)C1. The number of hydrazine groups is 1. The molecule has 1 aliphatic carbocycles. The molecule has 0 aromatic heterocycles. The maximum absolute atomic E-state index is 12.4. The van der Waals surface area contributed by atoms with Gasteiger partial charge in [0.1, 0.15) is 5.60 Å².